The van der Waals surface area contributed by atoms with Gasteiger partial charge in [-0.05, 0) is 64.8 Å². The summed E-state index contributed by atoms with van der Waals surface area (Å²) in [5.74, 6) is 6.38. The summed E-state index contributed by atoms with van der Waals surface area (Å²) in [5.41, 5.74) is 2.68. The first kappa shape index (κ1) is 17.8. The lowest BCUT2D eigenvalue weighted by Crippen LogP contribution is -2.27. The number of amides is 1. The van der Waals surface area contributed by atoms with Gasteiger partial charge in [-0.1, -0.05) is 11.8 Å². The lowest BCUT2D eigenvalue weighted by Gasteiger charge is -2.19. The fraction of sp³-hybridized carbons (Fsp3) is 0.400. The van der Waals surface area contributed by atoms with Crippen LogP contribution in [0.15, 0.2) is 35.4 Å². The van der Waals surface area contributed by atoms with E-state index in [2.05, 4.69) is 17.2 Å². The molecule has 0 aliphatic heterocycles. The van der Waals surface area contributed by atoms with Crippen LogP contribution in [0.4, 0.5) is 10.5 Å². The van der Waals surface area contributed by atoms with E-state index >= 15 is 0 Å². The molecule has 0 bridgehead atoms. The van der Waals surface area contributed by atoms with Gasteiger partial charge < -0.3 is 4.74 Å². The number of Topliss-reactive ketones (excluding diaryl/α,β-unsaturated/α-hetero) is 1. The maximum absolute atomic E-state index is 11.7. The summed E-state index contributed by atoms with van der Waals surface area (Å²) in [5, 5.41) is 2.68. The van der Waals surface area contributed by atoms with E-state index in [1.165, 1.54) is 0 Å². The average molecular weight is 325 g/mol. The number of ether oxygens (including phenoxy) is 1. The topological polar surface area (TPSA) is 55.4 Å². The number of rotatable bonds is 1. The second kappa shape index (κ2) is 7.35. The Bertz CT molecular complexity index is 725. The first-order valence-corrected chi connectivity index (χ1v) is 8.09. The molecule has 0 unspecified atom stereocenters. The minimum Gasteiger partial charge on any atom is -0.444 e. The van der Waals surface area contributed by atoms with Gasteiger partial charge in [0.25, 0.3) is 0 Å². The molecule has 0 heterocycles. The van der Waals surface area contributed by atoms with E-state index in [4.69, 9.17) is 4.74 Å². The highest BCUT2D eigenvalue weighted by Crippen LogP contribution is 2.21. The Morgan fingerprint density at radius 2 is 1.79 bits per heavy atom. The summed E-state index contributed by atoms with van der Waals surface area (Å²) < 4.78 is 5.20. The van der Waals surface area contributed by atoms with E-state index in [1.54, 1.807) is 12.1 Å². The van der Waals surface area contributed by atoms with Crippen molar-refractivity contribution in [1.29, 1.82) is 0 Å². The molecule has 1 aromatic carbocycles. The maximum Gasteiger partial charge on any atom is 0.412 e. The molecule has 4 heteroatoms. The third-order valence-corrected chi connectivity index (χ3v) is 3.59. The molecular formula is C20H23NO3. The highest BCUT2D eigenvalue weighted by molar-refractivity contribution is 5.97. The monoisotopic (exact) mass is 325 g/mol. The zero-order valence-electron chi connectivity index (χ0n) is 14.7. The molecule has 2 rings (SSSR count). The molecule has 0 aromatic heterocycles. The Balaban J connectivity index is 2.03. The zero-order chi connectivity index (χ0) is 17.7. The van der Waals surface area contributed by atoms with Crippen molar-refractivity contribution in [1.82, 2.24) is 0 Å². The molecular weight excluding hydrogens is 302 g/mol. The summed E-state index contributed by atoms with van der Waals surface area (Å²) in [4.78, 5) is 23.4. The number of hydrogen-bond donors (Lipinski definition) is 1. The molecule has 0 radical (unpaired) electrons. The van der Waals surface area contributed by atoms with Gasteiger partial charge in [0.2, 0.25) is 0 Å². The van der Waals surface area contributed by atoms with E-state index in [0.717, 1.165) is 29.6 Å². The molecule has 1 amide bonds. The van der Waals surface area contributed by atoms with E-state index < -0.39 is 11.7 Å². The zero-order valence-corrected chi connectivity index (χ0v) is 14.7. The van der Waals surface area contributed by atoms with Crippen LogP contribution in [-0.2, 0) is 9.53 Å². The Morgan fingerprint density at radius 3 is 2.42 bits per heavy atom. The van der Waals surface area contributed by atoms with Crippen molar-refractivity contribution in [3.05, 3.63) is 41.0 Å². The van der Waals surface area contributed by atoms with Crippen molar-refractivity contribution < 1.29 is 14.3 Å². The Kier molecular flexibility index (Phi) is 5.46. The van der Waals surface area contributed by atoms with Crippen molar-refractivity contribution in [3.8, 4) is 11.8 Å². The van der Waals surface area contributed by atoms with Crippen molar-refractivity contribution >= 4 is 17.6 Å². The van der Waals surface area contributed by atoms with Crippen molar-refractivity contribution in [2.75, 3.05) is 5.32 Å². The fourth-order valence-corrected chi connectivity index (χ4v) is 2.33. The summed E-state index contributed by atoms with van der Waals surface area (Å²) in [6.07, 6.45) is 1.88. The van der Waals surface area contributed by atoms with Gasteiger partial charge >= 0.3 is 6.09 Å². The largest absolute Gasteiger partial charge is 0.444 e. The SMILES string of the molecule is CC1=C(C#Cc2ccc(NC(=O)OC(C)(C)C)cc2)CCCC1=O. The van der Waals surface area contributed by atoms with Crippen molar-refractivity contribution in [2.45, 2.75) is 52.6 Å². The first-order chi connectivity index (χ1) is 11.2. The van der Waals surface area contributed by atoms with E-state index in [1.807, 2.05) is 39.8 Å². The number of carbonyl (C=O) groups excluding carboxylic acids is 2. The van der Waals surface area contributed by atoms with Crippen molar-refractivity contribution in [3.63, 3.8) is 0 Å². The van der Waals surface area contributed by atoms with Crippen LogP contribution in [0.1, 0.15) is 52.5 Å². The van der Waals surface area contributed by atoms with Crippen LogP contribution >= 0.6 is 0 Å². The Labute approximate surface area is 143 Å². The number of nitrogens with one attached hydrogen (secondary N) is 1. The molecule has 1 aliphatic carbocycles. The molecule has 126 valence electrons. The van der Waals surface area contributed by atoms with E-state index in [0.29, 0.717) is 12.1 Å². The fourth-order valence-electron chi connectivity index (χ4n) is 2.33. The van der Waals surface area contributed by atoms with E-state index in [9.17, 15) is 9.59 Å². The molecule has 0 saturated carbocycles. The number of anilines is 1. The number of carbonyl (C=O) groups is 2. The first-order valence-electron chi connectivity index (χ1n) is 8.09. The molecule has 0 saturated heterocycles. The third-order valence-electron chi connectivity index (χ3n) is 3.59. The van der Waals surface area contributed by atoms with Gasteiger partial charge in [0.1, 0.15) is 5.60 Å². The Hall–Kier alpha value is -2.54. The predicted octanol–water partition coefficient (Wildman–Crippen LogP) is 4.45. The normalized spacial score (nSPS) is 14.8. The molecule has 4 nitrogen and oxygen atoms in total. The van der Waals surface area contributed by atoms with Crippen LogP contribution in [0.25, 0.3) is 0 Å². The van der Waals surface area contributed by atoms with Crippen LogP contribution in [0.3, 0.4) is 0 Å². The second-order valence-corrected chi connectivity index (χ2v) is 6.83. The quantitative estimate of drug-likeness (QED) is 0.776. The van der Waals surface area contributed by atoms with Gasteiger partial charge in [-0.25, -0.2) is 4.79 Å². The summed E-state index contributed by atoms with van der Waals surface area (Å²) in [6, 6.07) is 7.23. The van der Waals surface area contributed by atoms with Gasteiger partial charge in [0.15, 0.2) is 5.78 Å². The molecule has 24 heavy (non-hydrogen) atoms. The van der Waals surface area contributed by atoms with Crippen LogP contribution in [0.5, 0.6) is 0 Å². The van der Waals surface area contributed by atoms with Crippen LogP contribution in [0.2, 0.25) is 0 Å². The number of ketones is 1. The van der Waals surface area contributed by atoms with Gasteiger partial charge in [-0.15, -0.1) is 0 Å². The molecule has 0 atom stereocenters. The van der Waals surface area contributed by atoms with Crippen molar-refractivity contribution in [2.24, 2.45) is 0 Å². The van der Waals surface area contributed by atoms with Gasteiger partial charge in [-0.3, -0.25) is 10.1 Å². The molecule has 0 spiro atoms. The molecule has 1 aliphatic rings. The average Bonchev–Trinajstić information content (AvgIpc) is 2.48. The third kappa shape index (κ3) is 5.27. The van der Waals surface area contributed by atoms with Gasteiger partial charge in [0.05, 0.1) is 0 Å². The maximum atomic E-state index is 11.7. The standard InChI is InChI=1S/C20H23NO3/c1-14-16(6-5-7-18(14)22)11-8-15-9-12-17(13-10-15)21-19(23)24-20(2,3)4/h9-10,12-13H,5-7H2,1-4H3,(H,21,23). The van der Waals surface area contributed by atoms with Gasteiger partial charge in [-0.2, -0.15) is 0 Å². The highest BCUT2D eigenvalue weighted by atomic mass is 16.6. The molecule has 1 N–H and O–H groups in total. The predicted molar refractivity (Wildman–Crippen MR) is 94.7 cm³/mol. The molecule has 1 aromatic rings. The number of allylic oxidation sites excluding steroid dienone is 2. The number of benzene rings is 1. The smallest absolute Gasteiger partial charge is 0.412 e. The highest BCUT2D eigenvalue weighted by Gasteiger charge is 2.16. The van der Waals surface area contributed by atoms with E-state index in [-0.39, 0.29) is 5.78 Å². The number of hydrogen-bond acceptors (Lipinski definition) is 3. The van der Waals surface area contributed by atoms with Gasteiger partial charge in [0, 0.05) is 28.8 Å². The lowest BCUT2D eigenvalue weighted by atomic mass is 9.92. The Morgan fingerprint density at radius 1 is 1.12 bits per heavy atom. The minimum absolute atomic E-state index is 0.197. The lowest BCUT2D eigenvalue weighted by molar-refractivity contribution is -0.116. The van der Waals surface area contributed by atoms with Crippen LogP contribution in [0, 0.1) is 11.8 Å². The van der Waals surface area contributed by atoms with Crippen LogP contribution in [-0.4, -0.2) is 17.5 Å². The minimum atomic E-state index is -0.529. The molecule has 0 fully saturated rings. The second-order valence-electron chi connectivity index (χ2n) is 6.83. The summed E-state index contributed by atoms with van der Waals surface area (Å²) >= 11 is 0. The summed E-state index contributed by atoms with van der Waals surface area (Å²) in [7, 11) is 0. The summed E-state index contributed by atoms with van der Waals surface area (Å²) in [6.45, 7) is 7.30. The van der Waals surface area contributed by atoms with Crippen LogP contribution < -0.4 is 5.32 Å².